The number of pyridine rings is 1. The fourth-order valence-corrected chi connectivity index (χ4v) is 1.59. The normalized spacial score (nSPS) is 9.80. The van der Waals surface area contributed by atoms with Crippen LogP contribution in [0, 0.1) is 17.1 Å². The number of ether oxygens (including phenoxy) is 1. The number of hydrogen-bond donors (Lipinski definition) is 1. The number of carbonyl (C=O) groups is 1. The minimum Gasteiger partial charge on any atom is -0.457 e. The van der Waals surface area contributed by atoms with Gasteiger partial charge in [-0.05, 0) is 35.9 Å². The van der Waals surface area contributed by atoms with Gasteiger partial charge in [0.1, 0.15) is 24.2 Å². The van der Waals surface area contributed by atoms with E-state index in [4.69, 9.17) is 15.7 Å². The molecule has 1 aromatic heterocycles. The largest absolute Gasteiger partial charge is 0.457 e. The van der Waals surface area contributed by atoms with E-state index in [1.54, 1.807) is 6.07 Å². The van der Waals surface area contributed by atoms with Crippen LogP contribution in [-0.2, 0) is 11.3 Å². The van der Waals surface area contributed by atoms with Gasteiger partial charge in [0.15, 0.2) is 0 Å². The van der Waals surface area contributed by atoms with Crippen molar-refractivity contribution in [1.82, 2.24) is 4.98 Å². The predicted molar refractivity (Wildman–Crippen MR) is 68.9 cm³/mol. The smallest absolute Gasteiger partial charge is 0.338 e. The molecule has 0 aliphatic rings. The van der Waals surface area contributed by atoms with Gasteiger partial charge in [-0.1, -0.05) is 0 Å². The Labute approximate surface area is 114 Å². The summed E-state index contributed by atoms with van der Waals surface area (Å²) in [4.78, 5) is 15.6. The van der Waals surface area contributed by atoms with Crippen molar-refractivity contribution >= 4 is 11.7 Å². The molecule has 2 aromatic rings. The quantitative estimate of drug-likeness (QED) is 0.681. The Morgan fingerprint density at radius 2 is 2.20 bits per heavy atom. The standard InChI is InChI=1S/C14H10FN3O2/c15-11-4-10(5-12(17)6-11)14(19)20-8-9-1-2-18-13(3-9)7-16/h1-6H,8,17H2. The molecule has 0 bridgehead atoms. The Morgan fingerprint density at radius 1 is 1.40 bits per heavy atom. The number of nitrogens with zero attached hydrogens (tertiary/aromatic N) is 2. The average Bonchev–Trinajstić information content (AvgIpc) is 2.44. The second kappa shape index (κ2) is 5.80. The number of nitrogens with two attached hydrogens (primary N) is 1. The Hall–Kier alpha value is -2.94. The van der Waals surface area contributed by atoms with E-state index in [1.165, 1.54) is 18.3 Å². The van der Waals surface area contributed by atoms with Crippen LogP contribution >= 0.6 is 0 Å². The molecule has 20 heavy (non-hydrogen) atoms. The zero-order valence-corrected chi connectivity index (χ0v) is 10.3. The molecule has 0 unspecified atom stereocenters. The first-order chi connectivity index (χ1) is 9.58. The number of carbonyl (C=O) groups excluding carboxylic acids is 1. The van der Waals surface area contributed by atoms with Gasteiger partial charge in [-0.3, -0.25) is 0 Å². The van der Waals surface area contributed by atoms with Crippen LogP contribution in [0.1, 0.15) is 21.6 Å². The highest BCUT2D eigenvalue weighted by Gasteiger charge is 2.10. The van der Waals surface area contributed by atoms with Crippen LogP contribution in [0.2, 0.25) is 0 Å². The Bertz CT molecular complexity index is 675. The van der Waals surface area contributed by atoms with Crippen LogP contribution in [0.3, 0.4) is 0 Å². The molecule has 1 aromatic carbocycles. The van der Waals surface area contributed by atoms with E-state index in [1.807, 2.05) is 6.07 Å². The molecule has 0 aliphatic carbocycles. The van der Waals surface area contributed by atoms with Gasteiger partial charge in [0, 0.05) is 11.9 Å². The highest BCUT2D eigenvalue weighted by Crippen LogP contribution is 2.13. The average molecular weight is 271 g/mol. The van der Waals surface area contributed by atoms with E-state index in [-0.39, 0.29) is 23.6 Å². The molecule has 2 rings (SSSR count). The molecule has 1 heterocycles. The first kappa shape index (κ1) is 13.5. The van der Waals surface area contributed by atoms with Gasteiger partial charge in [0.05, 0.1) is 5.56 Å². The van der Waals surface area contributed by atoms with Crippen molar-refractivity contribution in [1.29, 1.82) is 5.26 Å². The summed E-state index contributed by atoms with van der Waals surface area (Å²) in [5.74, 6) is -1.29. The molecule has 2 N–H and O–H groups in total. The maximum absolute atomic E-state index is 13.1. The van der Waals surface area contributed by atoms with Crippen molar-refractivity contribution < 1.29 is 13.9 Å². The zero-order chi connectivity index (χ0) is 14.5. The van der Waals surface area contributed by atoms with Crippen molar-refractivity contribution in [3.8, 4) is 6.07 Å². The van der Waals surface area contributed by atoms with Gasteiger partial charge >= 0.3 is 5.97 Å². The minimum atomic E-state index is -0.688. The lowest BCUT2D eigenvalue weighted by molar-refractivity contribution is 0.0472. The van der Waals surface area contributed by atoms with E-state index < -0.39 is 11.8 Å². The fraction of sp³-hybridized carbons (Fsp3) is 0.0714. The molecule has 100 valence electrons. The van der Waals surface area contributed by atoms with Gasteiger partial charge in [-0.15, -0.1) is 0 Å². The van der Waals surface area contributed by atoms with E-state index >= 15 is 0 Å². The van der Waals surface area contributed by atoms with Gasteiger partial charge < -0.3 is 10.5 Å². The number of nitrogen functional groups attached to an aromatic ring is 1. The molecule has 0 saturated heterocycles. The first-order valence-electron chi connectivity index (χ1n) is 5.66. The monoisotopic (exact) mass is 271 g/mol. The Kier molecular flexibility index (Phi) is 3.91. The van der Waals surface area contributed by atoms with Crippen LogP contribution in [0.5, 0.6) is 0 Å². The number of benzene rings is 1. The van der Waals surface area contributed by atoms with E-state index in [2.05, 4.69) is 4.98 Å². The van der Waals surface area contributed by atoms with Crippen molar-refractivity contribution in [3.05, 3.63) is 59.2 Å². The molecule has 0 radical (unpaired) electrons. The molecule has 0 aliphatic heterocycles. The first-order valence-corrected chi connectivity index (χ1v) is 5.66. The van der Waals surface area contributed by atoms with Crippen LogP contribution in [0.15, 0.2) is 36.5 Å². The zero-order valence-electron chi connectivity index (χ0n) is 10.3. The summed E-state index contributed by atoms with van der Waals surface area (Å²) in [5.41, 5.74) is 6.49. The van der Waals surface area contributed by atoms with E-state index in [9.17, 15) is 9.18 Å². The number of esters is 1. The van der Waals surface area contributed by atoms with Crippen LogP contribution in [0.4, 0.5) is 10.1 Å². The highest BCUT2D eigenvalue weighted by molar-refractivity contribution is 5.90. The summed E-state index contributed by atoms with van der Waals surface area (Å²) < 4.78 is 18.1. The summed E-state index contributed by atoms with van der Waals surface area (Å²) in [6, 6.07) is 8.50. The van der Waals surface area contributed by atoms with Crippen molar-refractivity contribution in [2.24, 2.45) is 0 Å². The number of nitriles is 1. The summed E-state index contributed by atoms with van der Waals surface area (Å²) in [6.07, 6.45) is 1.45. The SMILES string of the molecule is N#Cc1cc(COC(=O)c2cc(N)cc(F)c2)ccn1. The molecule has 0 atom stereocenters. The lowest BCUT2D eigenvalue weighted by Crippen LogP contribution is -2.06. The second-order valence-electron chi connectivity index (χ2n) is 4.01. The minimum absolute atomic E-state index is 0.0353. The molecule has 6 heteroatoms. The molecule has 5 nitrogen and oxygen atoms in total. The van der Waals surface area contributed by atoms with E-state index in [0.717, 1.165) is 12.1 Å². The molecular weight excluding hydrogens is 261 g/mol. The molecule has 0 spiro atoms. The lowest BCUT2D eigenvalue weighted by atomic mass is 10.2. The third kappa shape index (κ3) is 3.29. The van der Waals surface area contributed by atoms with Crippen molar-refractivity contribution in [3.63, 3.8) is 0 Å². The third-order valence-corrected chi connectivity index (χ3v) is 2.46. The van der Waals surface area contributed by atoms with Gasteiger partial charge in [0.2, 0.25) is 0 Å². The molecule has 0 fully saturated rings. The van der Waals surface area contributed by atoms with Crippen LogP contribution in [0.25, 0.3) is 0 Å². The molecular formula is C14H10FN3O2. The topological polar surface area (TPSA) is 89.0 Å². The Balaban J connectivity index is 2.06. The number of hydrogen-bond acceptors (Lipinski definition) is 5. The van der Waals surface area contributed by atoms with Gasteiger partial charge in [-0.25, -0.2) is 14.2 Å². The van der Waals surface area contributed by atoms with Crippen molar-refractivity contribution in [2.75, 3.05) is 5.73 Å². The number of rotatable bonds is 3. The highest BCUT2D eigenvalue weighted by atomic mass is 19.1. The lowest BCUT2D eigenvalue weighted by Gasteiger charge is -2.06. The fourth-order valence-electron chi connectivity index (χ4n) is 1.59. The maximum atomic E-state index is 13.1. The van der Waals surface area contributed by atoms with Crippen LogP contribution < -0.4 is 5.73 Å². The van der Waals surface area contributed by atoms with Crippen molar-refractivity contribution in [2.45, 2.75) is 6.61 Å². The number of halogens is 1. The summed E-state index contributed by atoms with van der Waals surface area (Å²) in [6.45, 7) is -0.0353. The maximum Gasteiger partial charge on any atom is 0.338 e. The molecule has 0 amide bonds. The molecule has 0 saturated carbocycles. The Morgan fingerprint density at radius 3 is 2.90 bits per heavy atom. The number of aromatic nitrogens is 1. The summed E-state index contributed by atoms with van der Waals surface area (Å²) in [7, 11) is 0. The van der Waals surface area contributed by atoms with Gasteiger partial charge in [-0.2, -0.15) is 5.26 Å². The van der Waals surface area contributed by atoms with Gasteiger partial charge in [0.25, 0.3) is 0 Å². The second-order valence-corrected chi connectivity index (χ2v) is 4.01. The predicted octanol–water partition coefficient (Wildman–Crippen LogP) is 2.03. The summed E-state index contributed by atoms with van der Waals surface area (Å²) in [5, 5.41) is 8.70. The van der Waals surface area contributed by atoms with Crippen LogP contribution in [-0.4, -0.2) is 11.0 Å². The summed E-state index contributed by atoms with van der Waals surface area (Å²) >= 11 is 0. The third-order valence-electron chi connectivity index (χ3n) is 2.46. The number of anilines is 1. The van der Waals surface area contributed by atoms with E-state index in [0.29, 0.717) is 5.56 Å².